The van der Waals surface area contributed by atoms with Gasteiger partial charge in [-0.05, 0) is 63.4 Å². The smallest absolute Gasteiger partial charge is 0.121 e. The molecule has 0 aromatic heterocycles. The van der Waals surface area contributed by atoms with Crippen molar-refractivity contribution in [3.05, 3.63) is 29.3 Å². The lowest BCUT2D eigenvalue weighted by Crippen LogP contribution is -2.21. The van der Waals surface area contributed by atoms with Crippen LogP contribution in [0, 0.1) is 6.92 Å². The third-order valence-electron chi connectivity index (χ3n) is 3.06. The lowest BCUT2D eigenvalue weighted by atomic mass is 10.1. The van der Waals surface area contributed by atoms with Crippen molar-refractivity contribution in [3.63, 3.8) is 0 Å². The first-order valence-corrected chi connectivity index (χ1v) is 6.73. The molecule has 0 heterocycles. The van der Waals surface area contributed by atoms with E-state index in [0.717, 1.165) is 38.1 Å². The Balaban J connectivity index is 2.21. The molecule has 0 amide bonds. The van der Waals surface area contributed by atoms with Crippen LogP contribution in [0.3, 0.4) is 0 Å². The first-order chi connectivity index (χ1) is 8.63. The predicted molar refractivity (Wildman–Crippen MR) is 77.2 cm³/mol. The zero-order valence-electron chi connectivity index (χ0n) is 11.8. The summed E-state index contributed by atoms with van der Waals surface area (Å²) in [6.07, 6.45) is 3.30. The first-order valence-electron chi connectivity index (χ1n) is 6.73. The van der Waals surface area contributed by atoms with E-state index >= 15 is 0 Å². The Labute approximate surface area is 111 Å². The van der Waals surface area contributed by atoms with Gasteiger partial charge in [0.2, 0.25) is 0 Å². The number of nitrogens with two attached hydrogens (primary N) is 1. The maximum atomic E-state index is 5.70. The van der Waals surface area contributed by atoms with E-state index in [1.807, 2.05) is 6.07 Å². The van der Waals surface area contributed by atoms with Crippen LogP contribution in [0.4, 0.5) is 0 Å². The van der Waals surface area contributed by atoms with Gasteiger partial charge >= 0.3 is 0 Å². The molecule has 3 N–H and O–H groups in total. The maximum Gasteiger partial charge on any atom is 0.121 e. The minimum atomic E-state index is 0.316. The number of rotatable bonds is 8. The van der Waals surface area contributed by atoms with Crippen LogP contribution in [0.25, 0.3) is 0 Å². The van der Waals surface area contributed by atoms with Crippen LogP contribution in [0.2, 0.25) is 0 Å². The fourth-order valence-corrected chi connectivity index (χ4v) is 2.00. The molecule has 0 radical (unpaired) electrons. The van der Waals surface area contributed by atoms with Gasteiger partial charge in [-0.25, -0.2) is 0 Å². The highest BCUT2D eigenvalue weighted by Crippen LogP contribution is 2.18. The van der Waals surface area contributed by atoms with Crippen LogP contribution in [0.1, 0.15) is 30.9 Å². The van der Waals surface area contributed by atoms with Gasteiger partial charge in [-0.2, -0.15) is 0 Å². The Hall–Kier alpha value is -1.06. The van der Waals surface area contributed by atoms with E-state index in [1.54, 1.807) is 7.11 Å². The van der Waals surface area contributed by atoms with Crippen LogP contribution in [-0.4, -0.2) is 26.2 Å². The summed E-state index contributed by atoms with van der Waals surface area (Å²) in [6.45, 7) is 6.21. The first kappa shape index (κ1) is 15.0. The normalized spacial score (nSPS) is 12.4. The van der Waals surface area contributed by atoms with Crippen molar-refractivity contribution >= 4 is 0 Å². The third-order valence-corrected chi connectivity index (χ3v) is 3.06. The predicted octanol–water partition coefficient (Wildman–Crippen LogP) is 2.26. The number of nitrogens with one attached hydrogen (secondary N) is 1. The molecular formula is C15H26N2O. The van der Waals surface area contributed by atoms with Gasteiger partial charge in [0.1, 0.15) is 5.75 Å². The summed E-state index contributed by atoms with van der Waals surface area (Å²) < 4.78 is 5.25. The average Bonchev–Trinajstić information content (AvgIpc) is 2.33. The van der Waals surface area contributed by atoms with Gasteiger partial charge in [-0.15, -0.1) is 0 Å². The quantitative estimate of drug-likeness (QED) is 0.696. The molecule has 0 aliphatic heterocycles. The largest absolute Gasteiger partial charge is 0.496 e. The highest BCUT2D eigenvalue weighted by atomic mass is 16.5. The van der Waals surface area contributed by atoms with E-state index < -0.39 is 0 Å². The number of aryl methyl sites for hydroxylation is 1. The van der Waals surface area contributed by atoms with Crippen LogP contribution >= 0.6 is 0 Å². The Morgan fingerprint density at radius 3 is 2.72 bits per heavy atom. The minimum absolute atomic E-state index is 0.316. The van der Waals surface area contributed by atoms with Crippen molar-refractivity contribution < 1.29 is 4.74 Å². The third kappa shape index (κ3) is 5.52. The van der Waals surface area contributed by atoms with Gasteiger partial charge in [-0.3, -0.25) is 0 Å². The second-order valence-corrected chi connectivity index (χ2v) is 4.92. The van der Waals surface area contributed by atoms with Crippen LogP contribution in [0.15, 0.2) is 18.2 Å². The summed E-state index contributed by atoms with van der Waals surface area (Å²) >= 11 is 0. The van der Waals surface area contributed by atoms with E-state index in [9.17, 15) is 0 Å². The summed E-state index contributed by atoms with van der Waals surface area (Å²) in [5.74, 6) is 0.962. The monoisotopic (exact) mass is 250 g/mol. The number of hydrogen-bond donors (Lipinski definition) is 2. The minimum Gasteiger partial charge on any atom is -0.496 e. The van der Waals surface area contributed by atoms with Crippen molar-refractivity contribution in [2.24, 2.45) is 5.73 Å². The van der Waals surface area contributed by atoms with Gasteiger partial charge in [-0.1, -0.05) is 12.1 Å². The van der Waals surface area contributed by atoms with Gasteiger partial charge in [0.05, 0.1) is 7.11 Å². The number of ether oxygens (including phenoxy) is 1. The number of hydrogen-bond acceptors (Lipinski definition) is 3. The molecule has 3 heteroatoms. The Bertz CT molecular complexity index is 350. The van der Waals surface area contributed by atoms with E-state index in [0.29, 0.717) is 6.04 Å². The zero-order valence-corrected chi connectivity index (χ0v) is 11.8. The zero-order chi connectivity index (χ0) is 13.4. The summed E-state index contributed by atoms with van der Waals surface area (Å²) in [6, 6.07) is 6.69. The molecule has 102 valence electrons. The molecule has 0 aliphatic rings. The van der Waals surface area contributed by atoms with Crippen molar-refractivity contribution in [1.29, 1.82) is 0 Å². The standard InChI is InChI=1S/C15H26N2O/c1-12-11-14(6-7-15(12)18-3)8-10-17-9-4-5-13(2)16/h6-7,11,13,17H,4-5,8-10,16H2,1-3H3. The SMILES string of the molecule is COc1ccc(CCNCCCC(C)N)cc1C. The van der Waals surface area contributed by atoms with Crippen LogP contribution in [0.5, 0.6) is 5.75 Å². The van der Waals surface area contributed by atoms with E-state index in [-0.39, 0.29) is 0 Å². The van der Waals surface area contributed by atoms with Crippen LogP contribution in [-0.2, 0) is 6.42 Å². The highest BCUT2D eigenvalue weighted by molar-refractivity contribution is 5.36. The number of methoxy groups -OCH3 is 1. The van der Waals surface area contributed by atoms with Crippen LogP contribution < -0.4 is 15.8 Å². The highest BCUT2D eigenvalue weighted by Gasteiger charge is 2.00. The molecule has 0 aliphatic carbocycles. The van der Waals surface area contributed by atoms with Gasteiger partial charge in [0, 0.05) is 6.04 Å². The Morgan fingerprint density at radius 2 is 2.11 bits per heavy atom. The molecule has 3 nitrogen and oxygen atoms in total. The topological polar surface area (TPSA) is 47.3 Å². The van der Waals surface area contributed by atoms with Gasteiger partial charge in [0.15, 0.2) is 0 Å². The van der Waals surface area contributed by atoms with Crippen molar-refractivity contribution in [1.82, 2.24) is 5.32 Å². The molecule has 1 aromatic rings. The van der Waals surface area contributed by atoms with Crippen molar-refractivity contribution in [3.8, 4) is 5.75 Å². The second kappa shape index (κ2) is 8.11. The molecule has 1 unspecified atom stereocenters. The molecule has 0 fully saturated rings. The van der Waals surface area contributed by atoms with E-state index in [1.165, 1.54) is 11.1 Å². The van der Waals surface area contributed by atoms with Gasteiger partial charge in [0.25, 0.3) is 0 Å². The molecule has 1 rings (SSSR count). The average molecular weight is 250 g/mol. The van der Waals surface area contributed by atoms with Crippen molar-refractivity contribution in [2.75, 3.05) is 20.2 Å². The Morgan fingerprint density at radius 1 is 1.33 bits per heavy atom. The molecule has 0 saturated heterocycles. The second-order valence-electron chi connectivity index (χ2n) is 4.92. The molecule has 0 bridgehead atoms. The summed E-state index contributed by atoms with van der Waals surface area (Å²) in [4.78, 5) is 0. The molecule has 0 spiro atoms. The molecule has 18 heavy (non-hydrogen) atoms. The molecule has 1 aromatic carbocycles. The molecule has 1 atom stereocenters. The summed E-state index contributed by atoms with van der Waals surface area (Å²) in [5, 5.41) is 3.45. The van der Waals surface area contributed by atoms with E-state index in [4.69, 9.17) is 10.5 Å². The molecular weight excluding hydrogens is 224 g/mol. The number of benzene rings is 1. The molecule has 0 saturated carbocycles. The lowest BCUT2D eigenvalue weighted by molar-refractivity contribution is 0.411. The summed E-state index contributed by atoms with van der Waals surface area (Å²) in [5.41, 5.74) is 8.26. The fourth-order valence-electron chi connectivity index (χ4n) is 2.00. The Kier molecular flexibility index (Phi) is 6.76. The van der Waals surface area contributed by atoms with E-state index in [2.05, 4.69) is 31.3 Å². The lowest BCUT2D eigenvalue weighted by Gasteiger charge is -2.09. The fraction of sp³-hybridized carbons (Fsp3) is 0.600. The van der Waals surface area contributed by atoms with Crippen molar-refractivity contribution in [2.45, 2.75) is 39.2 Å². The maximum absolute atomic E-state index is 5.70. The summed E-state index contributed by atoms with van der Waals surface area (Å²) in [7, 11) is 1.71. The van der Waals surface area contributed by atoms with Gasteiger partial charge < -0.3 is 15.8 Å².